The second kappa shape index (κ2) is 5.14. The van der Waals surface area contributed by atoms with Crippen LogP contribution in [0.3, 0.4) is 0 Å². The highest BCUT2D eigenvalue weighted by Gasteiger charge is 2.13. The van der Waals surface area contributed by atoms with Gasteiger partial charge in [0.25, 0.3) is 0 Å². The Hall–Kier alpha value is -3.06. The van der Waals surface area contributed by atoms with Crippen molar-refractivity contribution in [3.05, 3.63) is 65.9 Å². The predicted octanol–water partition coefficient (Wildman–Crippen LogP) is 3.30. The van der Waals surface area contributed by atoms with E-state index in [2.05, 4.69) is 23.3 Å². The maximum absolute atomic E-state index is 9.11. The Kier molecular flexibility index (Phi) is 3.17. The lowest BCUT2D eigenvalue weighted by Gasteiger charge is -2.07. The molecular weight excluding hydrogens is 260 g/mol. The molecule has 2 N–H and O–H groups in total. The van der Waals surface area contributed by atoms with Gasteiger partial charge in [-0.3, -0.25) is 0 Å². The molecule has 0 bridgehead atoms. The van der Waals surface area contributed by atoms with Crippen LogP contribution in [0.25, 0.3) is 16.8 Å². The molecule has 0 aliphatic carbocycles. The summed E-state index contributed by atoms with van der Waals surface area (Å²) in [4.78, 5) is 0. The van der Waals surface area contributed by atoms with Crippen molar-refractivity contribution in [3.63, 3.8) is 0 Å². The summed E-state index contributed by atoms with van der Waals surface area (Å²) in [6, 6.07) is 20.1. The monoisotopic (exact) mass is 274 g/mol. The SMILES string of the molecule is Cc1nn(-c2cccc(-c3ccccc3)c2)c(N)c1C#N. The molecule has 0 saturated carbocycles. The van der Waals surface area contributed by atoms with Crippen LogP contribution in [-0.2, 0) is 0 Å². The predicted molar refractivity (Wildman–Crippen MR) is 82.9 cm³/mol. The van der Waals surface area contributed by atoms with Gasteiger partial charge in [-0.1, -0.05) is 42.5 Å². The van der Waals surface area contributed by atoms with Crippen molar-refractivity contribution in [2.24, 2.45) is 0 Å². The molecule has 102 valence electrons. The van der Waals surface area contributed by atoms with E-state index in [1.165, 1.54) is 0 Å². The van der Waals surface area contributed by atoms with Gasteiger partial charge in [-0.2, -0.15) is 10.4 Å². The number of hydrogen-bond donors (Lipinski definition) is 1. The van der Waals surface area contributed by atoms with Gasteiger partial charge in [0.2, 0.25) is 0 Å². The molecule has 0 spiro atoms. The minimum atomic E-state index is 0.375. The van der Waals surface area contributed by atoms with E-state index in [-0.39, 0.29) is 0 Å². The van der Waals surface area contributed by atoms with Crippen LogP contribution in [0.1, 0.15) is 11.3 Å². The van der Waals surface area contributed by atoms with Crippen molar-refractivity contribution in [2.45, 2.75) is 6.92 Å². The Morgan fingerprint density at radius 1 is 1.05 bits per heavy atom. The molecule has 3 aromatic rings. The molecule has 1 aromatic heterocycles. The topological polar surface area (TPSA) is 67.6 Å². The Balaban J connectivity index is 2.11. The molecule has 0 atom stereocenters. The summed E-state index contributed by atoms with van der Waals surface area (Å²) in [6.07, 6.45) is 0. The van der Waals surface area contributed by atoms with Crippen LogP contribution in [-0.4, -0.2) is 9.78 Å². The fourth-order valence-corrected chi connectivity index (χ4v) is 2.33. The van der Waals surface area contributed by atoms with Gasteiger partial charge in [0.1, 0.15) is 17.5 Å². The van der Waals surface area contributed by atoms with Crippen LogP contribution in [0.4, 0.5) is 5.82 Å². The zero-order chi connectivity index (χ0) is 14.8. The van der Waals surface area contributed by atoms with E-state index in [1.54, 1.807) is 11.6 Å². The molecule has 1 heterocycles. The molecule has 0 radical (unpaired) electrons. The summed E-state index contributed by atoms with van der Waals surface area (Å²) in [5, 5.41) is 13.5. The molecule has 4 heteroatoms. The average molecular weight is 274 g/mol. The highest BCUT2D eigenvalue weighted by molar-refractivity contribution is 5.67. The number of rotatable bonds is 2. The van der Waals surface area contributed by atoms with Gasteiger partial charge in [0, 0.05) is 0 Å². The standard InChI is InChI=1S/C17H14N4/c1-12-16(11-18)17(19)21(20-12)15-9-5-8-14(10-15)13-6-3-2-4-7-13/h2-10H,19H2,1H3. The largest absolute Gasteiger partial charge is 0.382 e. The molecule has 4 nitrogen and oxygen atoms in total. The summed E-state index contributed by atoms with van der Waals surface area (Å²) >= 11 is 0. The number of nitriles is 1. The van der Waals surface area contributed by atoms with Gasteiger partial charge in [0.05, 0.1) is 11.4 Å². The molecule has 0 aliphatic rings. The molecule has 3 rings (SSSR count). The second-order valence-corrected chi connectivity index (χ2v) is 4.79. The maximum atomic E-state index is 9.11. The van der Waals surface area contributed by atoms with E-state index in [4.69, 9.17) is 11.0 Å². The quantitative estimate of drug-likeness (QED) is 0.779. The van der Waals surface area contributed by atoms with Crippen molar-refractivity contribution < 1.29 is 0 Å². The van der Waals surface area contributed by atoms with E-state index in [9.17, 15) is 0 Å². The van der Waals surface area contributed by atoms with Crippen molar-refractivity contribution in [1.82, 2.24) is 9.78 Å². The average Bonchev–Trinajstić information content (AvgIpc) is 2.82. The highest BCUT2D eigenvalue weighted by atomic mass is 15.3. The van der Waals surface area contributed by atoms with Gasteiger partial charge >= 0.3 is 0 Å². The maximum Gasteiger partial charge on any atom is 0.145 e. The van der Waals surface area contributed by atoms with Gasteiger partial charge < -0.3 is 5.73 Å². The number of aromatic nitrogens is 2. The molecule has 0 saturated heterocycles. The Bertz CT molecular complexity index is 826. The third-order valence-corrected chi connectivity index (χ3v) is 3.41. The fourth-order valence-electron chi connectivity index (χ4n) is 2.33. The van der Waals surface area contributed by atoms with Gasteiger partial charge in [-0.15, -0.1) is 0 Å². The summed E-state index contributed by atoms with van der Waals surface area (Å²) in [7, 11) is 0. The zero-order valence-electron chi connectivity index (χ0n) is 11.6. The number of nitrogen functional groups attached to an aromatic ring is 1. The number of nitrogens with two attached hydrogens (primary N) is 1. The smallest absolute Gasteiger partial charge is 0.145 e. The van der Waals surface area contributed by atoms with Crippen molar-refractivity contribution in [3.8, 4) is 22.9 Å². The third-order valence-electron chi connectivity index (χ3n) is 3.41. The van der Waals surface area contributed by atoms with Crippen molar-refractivity contribution in [2.75, 3.05) is 5.73 Å². The number of aryl methyl sites for hydroxylation is 1. The zero-order valence-corrected chi connectivity index (χ0v) is 11.6. The minimum absolute atomic E-state index is 0.375. The van der Waals surface area contributed by atoms with Crippen LogP contribution >= 0.6 is 0 Å². The second-order valence-electron chi connectivity index (χ2n) is 4.79. The van der Waals surface area contributed by atoms with Gasteiger partial charge in [-0.05, 0) is 30.2 Å². The lowest BCUT2D eigenvalue weighted by Crippen LogP contribution is -2.02. The molecule has 2 aromatic carbocycles. The summed E-state index contributed by atoms with van der Waals surface area (Å²) in [5.41, 5.74) is 10.1. The highest BCUT2D eigenvalue weighted by Crippen LogP contribution is 2.24. The molecule has 0 amide bonds. The van der Waals surface area contributed by atoms with Crippen LogP contribution < -0.4 is 5.73 Å². The van der Waals surface area contributed by atoms with E-state index >= 15 is 0 Å². The lowest BCUT2D eigenvalue weighted by molar-refractivity contribution is 0.872. The molecule has 0 aliphatic heterocycles. The Labute approximate surface area is 123 Å². The van der Waals surface area contributed by atoms with E-state index in [0.717, 1.165) is 16.8 Å². The van der Waals surface area contributed by atoms with Crippen LogP contribution in [0.5, 0.6) is 0 Å². The van der Waals surface area contributed by atoms with Gasteiger partial charge in [0.15, 0.2) is 0 Å². The summed E-state index contributed by atoms with van der Waals surface area (Å²) in [6.45, 7) is 1.78. The molecular formula is C17H14N4. The molecule has 0 unspecified atom stereocenters. The van der Waals surface area contributed by atoms with E-state index < -0.39 is 0 Å². The summed E-state index contributed by atoms with van der Waals surface area (Å²) in [5.74, 6) is 0.375. The molecule has 21 heavy (non-hydrogen) atoms. The van der Waals surface area contributed by atoms with Crippen LogP contribution in [0.2, 0.25) is 0 Å². The van der Waals surface area contributed by atoms with Crippen molar-refractivity contribution >= 4 is 5.82 Å². The number of nitrogens with zero attached hydrogens (tertiary/aromatic N) is 3. The third kappa shape index (κ3) is 2.26. The van der Waals surface area contributed by atoms with Crippen LogP contribution in [0, 0.1) is 18.3 Å². The lowest BCUT2D eigenvalue weighted by atomic mass is 10.1. The first-order valence-corrected chi connectivity index (χ1v) is 6.62. The normalized spacial score (nSPS) is 10.3. The fraction of sp³-hybridized carbons (Fsp3) is 0.0588. The minimum Gasteiger partial charge on any atom is -0.382 e. The Morgan fingerprint density at radius 2 is 1.76 bits per heavy atom. The first-order chi connectivity index (χ1) is 10.2. The Morgan fingerprint density at radius 3 is 2.43 bits per heavy atom. The number of anilines is 1. The van der Waals surface area contributed by atoms with E-state index in [0.29, 0.717) is 17.1 Å². The van der Waals surface area contributed by atoms with Gasteiger partial charge in [-0.25, -0.2) is 4.68 Å². The number of hydrogen-bond acceptors (Lipinski definition) is 3. The van der Waals surface area contributed by atoms with Crippen LogP contribution in [0.15, 0.2) is 54.6 Å². The first-order valence-electron chi connectivity index (χ1n) is 6.62. The first kappa shape index (κ1) is 12.9. The summed E-state index contributed by atoms with van der Waals surface area (Å²) < 4.78 is 1.61. The molecule has 0 fully saturated rings. The van der Waals surface area contributed by atoms with Crippen molar-refractivity contribution in [1.29, 1.82) is 5.26 Å². The number of benzene rings is 2. The van der Waals surface area contributed by atoms with E-state index in [1.807, 2.05) is 42.5 Å².